The summed E-state index contributed by atoms with van der Waals surface area (Å²) in [7, 11) is 0. The van der Waals surface area contributed by atoms with Gasteiger partial charge in [-0.2, -0.15) is 0 Å². The Hall–Kier alpha value is -1.35. The molecule has 0 bridgehead atoms. The summed E-state index contributed by atoms with van der Waals surface area (Å²) in [5.74, 6) is -0.365. The van der Waals surface area contributed by atoms with Crippen LogP contribution in [-0.4, -0.2) is 11.9 Å². The Labute approximate surface area is 102 Å². The summed E-state index contributed by atoms with van der Waals surface area (Å²) >= 11 is 0. The number of carbonyl (C=O) groups is 1. The zero-order valence-electron chi connectivity index (χ0n) is 10.4. The predicted molar refractivity (Wildman–Crippen MR) is 69.0 cm³/mol. The summed E-state index contributed by atoms with van der Waals surface area (Å²) in [6.45, 7) is 4.30. The molecule has 0 aromatic carbocycles. The molecule has 0 aliphatic heterocycles. The van der Waals surface area contributed by atoms with E-state index >= 15 is 0 Å². The molecule has 1 amide bonds. The molecule has 0 saturated carbocycles. The molecule has 0 heterocycles. The minimum Gasteiger partial charge on any atom is -0.369 e. The third kappa shape index (κ3) is 2.50. The molecule has 0 saturated heterocycles. The second kappa shape index (κ2) is 4.15. The molecule has 0 spiro atoms. The normalized spacial score (nSPS) is 31.0. The van der Waals surface area contributed by atoms with Crippen molar-refractivity contribution in [3.05, 3.63) is 35.5 Å². The van der Waals surface area contributed by atoms with Gasteiger partial charge in [-0.15, -0.1) is 0 Å². The molecule has 0 radical (unpaired) electrons. The average Bonchev–Trinajstić information content (AvgIpc) is 2.38. The summed E-state index contributed by atoms with van der Waals surface area (Å²) in [4.78, 5) is 11.3. The first-order valence-electron chi connectivity index (χ1n) is 6.05. The lowest BCUT2D eigenvalue weighted by molar-refractivity contribution is -0.122. The first-order chi connectivity index (χ1) is 7.89. The van der Waals surface area contributed by atoms with Gasteiger partial charge < -0.3 is 11.5 Å². The molecular formula is C14H20N2O. The maximum absolute atomic E-state index is 11.3. The van der Waals surface area contributed by atoms with Crippen LogP contribution < -0.4 is 11.5 Å². The summed E-state index contributed by atoms with van der Waals surface area (Å²) in [6, 6.07) is -0.0777. The highest BCUT2D eigenvalue weighted by Gasteiger charge is 2.29. The summed E-state index contributed by atoms with van der Waals surface area (Å²) < 4.78 is 0. The Bertz CT molecular complexity index is 430. The molecule has 0 aromatic heterocycles. The van der Waals surface area contributed by atoms with Crippen LogP contribution in [0, 0.1) is 11.3 Å². The first-order valence-corrected chi connectivity index (χ1v) is 6.05. The van der Waals surface area contributed by atoms with Crippen molar-refractivity contribution in [2.24, 2.45) is 22.8 Å². The summed E-state index contributed by atoms with van der Waals surface area (Å²) in [5, 5.41) is 0. The van der Waals surface area contributed by atoms with Crippen LogP contribution in [0.3, 0.4) is 0 Å². The van der Waals surface area contributed by atoms with Gasteiger partial charge in [0.1, 0.15) is 0 Å². The van der Waals surface area contributed by atoms with Gasteiger partial charge in [0.05, 0.1) is 0 Å². The lowest BCUT2D eigenvalue weighted by atomic mass is 9.80. The SMILES string of the molecule is CC1(C)C=CC2=C(C=C1)C(N)CC(C(N)=O)C2. The van der Waals surface area contributed by atoms with E-state index in [-0.39, 0.29) is 23.3 Å². The molecule has 2 rings (SSSR count). The summed E-state index contributed by atoms with van der Waals surface area (Å²) in [6.07, 6.45) is 9.90. The highest BCUT2D eigenvalue weighted by Crippen LogP contribution is 2.34. The van der Waals surface area contributed by atoms with Crippen molar-refractivity contribution in [1.82, 2.24) is 0 Å². The van der Waals surface area contributed by atoms with E-state index in [2.05, 4.69) is 38.2 Å². The Morgan fingerprint density at radius 2 is 2.00 bits per heavy atom. The number of carbonyl (C=O) groups excluding carboxylic acids is 1. The molecular weight excluding hydrogens is 212 g/mol. The Morgan fingerprint density at radius 1 is 1.35 bits per heavy atom. The van der Waals surface area contributed by atoms with E-state index in [0.29, 0.717) is 6.42 Å². The third-order valence-electron chi connectivity index (χ3n) is 3.58. The van der Waals surface area contributed by atoms with Gasteiger partial charge in [0.25, 0.3) is 0 Å². The second-order valence-electron chi connectivity index (χ2n) is 5.61. The van der Waals surface area contributed by atoms with Crippen LogP contribution in [-0.2, 0) is 4.79 Å². The van der Waals surface area contributed by atoms with E-state index < -0.39 is 0 Å². The fraction of sp³-hybridized carbons (Fsp3) is 0.500. The van der Waals surface area contributed by atoms with Crippen molar-refractivity contribution in [2.75, 3.05) is 0 Å². The van der Waals surface area contributed by atoms with E-state index in [4.69, 9.17) is 11.5 Å². The van der Waals surface area contributed by atoms with Crippen LogP contribution >= 0.6 is 0 Å². The van der Waals surface area contributed by atoms with E-state index in [9.17, 15) is 4.79 Å². The lowest BCUT2D eigenvalue weighted by Gasteiger charge is -2.27. The van der Waals surface area contributed by atoms with Crippen LogP contribution in [0.1, 0.15) is 26.7 Å². The average molecular weight is 232 g/mol. The largest absolute Gasteiger partial charge is 0.369 e. The summed E-state index contributed by atoms with van der Waals surface area (Å²) in [5.41, 5.74) is 13.9. The zero-order valence-corrected chi connectivity index (χ0v) is 10.4. The van der Waals surface area contributed by atoms with E-state index in [1.165, 1.54) is 0 Å². The minimum absolute atomic E-state index is 0.0410. The van der Waals surface area contributed by atoms with Crippen LogP contribution in [0.4, 0.5) is 0 Å². The molecule has 4 N–H and O–H groups in total. The fourth-order valence-corrected chi connectivity index (χ4v) is 2.43. The van der Waals surface area contributed by atoms with Gasteiger partial charge in [0.2, 0.25) is 5.91 Å². The minimum atomic E-state index is -0.243. The van der Waals surface area contributed by atoms with E-state index in [1.807, 2.05) is 0 Å². The molecule has 3 nitrogen and oxygen atoms in total. The molecule has 2 aliphatic carbocycles. The van der Waals surface area contributed by atoms with Crippen molar-refractivity contribution in [2.45, 2.75) is 32.7 Å². The lowest BCUT2D eigenvalue weighted by Crippen LogP contribution is -2.36. The van der Waals surface area contributed by atoms with Crippen LogP contribution in [0.5, 0.6) is 0 Å². The molecule has 92 valence electrons. The maximum Gasteiger partial charge on any atom is 0.220 e. The van der Waals surface area contributed by atoms with Crippen LogP contribution in [0.25, 0.3) is 0 Å². The number of hydrogen-bond acceptors (Lipinski definition) is 2. The second-order valence-corrected chi connectivity index (χ2v) is 5.61. The van der Waals surface area contributed by atoms with Gasteiger partial charge in [0, 0.05) is 17.4 Å². The van der Waals surface area contributed by atoms with Crippen molar-refractivity contribution in [1.29, 1.82) is 0 Å². The molecule has 3 heteroatoms. The van der Waals surface area contributed by atoms with E-state index in [1.54, 1.807) is 0 Å². The topological polar surface area (TPSA) is 69.1 Å². The Kier molecular flexibility index (Phi) is 2.96. The molecule has 0 fully saturated rings. The third-order valence-corrected chi connectivity index (χ3v) is 3.58. The predicted octanol–water partition coefficient (Wildman–Crippen LogP) is 1.66. The van der Waals surface area contributed by atoms with Gasteiger partial charge in [-0.25, -0.2) is 0 Å². The monoisotopic (exact) mass is 232 g/mol. The number of hydrogen-bond donors (Lipinski definition) is 2. The molecule has 2 unspecified atom stereocenters. The highest BCUT2D eigenvalue weighted by atomic mass is 16.1. The molecule has 2 aliphatic rings. The number of allylic oxidation sites excluding steroid dienone is 4. The number of primary amides is 1. The van der Waals surface area contributed by atoms with Gasteiger partial charge in [-0.1, -0.05) is 38.2 Å². The molecule has 17 heavy (non-hydrogen) atoms. The van der Waals surface area contributed by atoms with Crippen LogP contribution in [0.2, 0.25) is 0 Å². The van der Waals surface area contributed by atoms with Gasteiger partial charge in [-0.05, 0) is 24.0 Å². The first kappa shape index (κ1) is 12.1. The van der Waals surface area contributed by atoms with Gasteiger partial charge in [-0.3, -0.25) is 4.79 Å². The number of amides is 1. The van der Waals surface area contributed by atoms with Crippen molar-refractivity contribution < 1.29 is 4.79 Å². The van der Waals surface area contributed by atoms with E-state index in [0.717, 1.165) is 17.6 Å². The quantitative estimate of drug-likeness (QED) is 0.722. The zero-order chi connectivity index (χ0) is 12.6. The number of rotatable bonds is 1. The maximum atomic E-state index is 11.3. The van der Waals surface area contributed by atoms with Crippen molar-refractivity contribution in [3.8, 4) is 0 Å². The van der Waals surface area contributed by atoms with Gasteiger partial charge in [0.15, 0.2) is 0 Å². The highest BCUT2D eigenvalue weighted by molar-refractivity contribution is 5.77. The van der Waals surface area contributed by atoms with Crippen molar-refractivity contribution in [3.63, 3.8) is 0 Å². The fourth-order valence-electron chi connectivity index (χ4n) is 2.43. The number of nitrogens with two attached hydrogens (primary N) is 2. The Morgan fingerprint density at radius 3 is 2.65 bits per heavy atom. The Balaban J connectivity index is 2.34. The van der Waals surface area contributed by atoms with Crippen molar-refractivity contribution >= 4 is 5.91 Å². The smallest absolute Gasteiger partial charge is 0.220 e. The molecule has 2 atom stereocenters. The van der Waals surface area contributed by atoms with Crippen LogP contribution in [0.15, 0.2) is 35.5 Å². The van der Waals surface area contributed by atoms with Gasteiger partial charge >= 0.3 is 0 Å². The molecule has 0 aromatic rings. The standard InChI is InChI=1S/C14H20N2O/c1-14(2)5-3-9-7-10(13(16)17)8-12(15)11(9)4-6-14/h3-6,10,12H,7-8,15H2,1-2H3,(H2,16,17).